The second-order valence-corrected chi connectivity index (χ2v) is 6.00. The monoisotopic (exact) mass is 363 g/mol. The molecule has 0 unspecified atom stereocenters. The highest BCUT2D eigenvalue weighted by atomic mass is 16.6. The van der Waals surface area contributed by atoms with E-state index in [0.717, 1.165) is 17.5 Å². The lowest BCUT2D eigenvalue weighted by atomic mass is 9.99. The van der Waals surface area contributed by atoms with E-state index in [1.807, 2.05) is 67.6 Å². The number of rotatable bonds is 8. The van der Waals surface area contributed by atoms with Crippen molar-refractivity contribution >= 4 is 17.3 Å². The molecule has 7 heteroatoms. The summed E-state index contributed by atoms with van der Waals surface area (Å²) >= 11 is 0. The highest BCUT2D eigenvalue weighted by Crippen LogP contribution is 2.33. The third kappa shape index (κ3) is 4.38. The fraction of sp³-hybridized carbons (Fsp3) is 0.200. The molecule has 0 radical (unpaired) electrons. The van der Waals surface area contributed by atoms with Gasteiger partial charge in [0.25, 0.3) is 0 Å². The molecule has 2 N–H and O–H groups in total. The average Bonchev–Trinajstić information content (AvgIpc) is 2.71. The first kappa shape index (κ1) is 18.3. The molecule has 0 aliphatic carbocycles. The van der Waals surface area contributed by atoms with E-state index >= 15 is 0 Å². The van der Waals surface area contributed by atoms with Crippen molar-refractivity contribution in [1.82, 2.24) is 9.97 Å². The first-order valence-corrected chi connectivity index (χ1v) is 8.80. The molecule has 1 aromatic heterocycles. The minimum atomic E-state index is -0.451. The van der Waals surface area contributed by atoms with Gasteiger partial charge in [-0.25, -0.2) is 9.97 Å². The van der Waals surface area contributed by atoms with Crippen molar-refractivity contribution in [2.75, 3.05) is 17.2 Å². The van der Waals surface area contributed by atoms with Crippen LogP contribution in [0, 0.1) is 10.1 Å². The van der Waals surface area contributed by atoms with E-state index in [0.29, 0.717) is 6.54 Å². The van der Waals surface area contributed by atoms with E-state index in [4.69, 9.17) is 0 Å². The van der Waals surface area contributed by atoms with Gasteiger partial charge in [0.2, 0.25) is 11.6 Å². The van der Waals surface area contributed by atoms with Gasteiger partial charge in [0, 0.05) is 6.54 Å². The number of anilines is 2. The zero-order valence-electron chi connectivity index (χ0n) is 15.0. The summed E-state index contributed by atoms with van der Waals surface area (Å²) in [6, 6.07) is 19.3. The van der Waals surface area contributed by atoms with Crippen LogP contribution in [0.5, 0.6) is 0 Å². The van der Waals surface area contributed by atoms with Crippen molar-refractivity contribution in [2.24, 2.45) is 0 Å². The number of nitro groups is 1. The summed E-state index contributed by atoms with van der Waals surface area (Å²) in [6.45, 7) is 2.58. The van der Waals surface area contributed by atoms with Crippen molar-refractivity contribution in [3.63, 3.8) is 0 Å². The fourth-order valence-corrected chi connectivity index (χ4v) is 2.82. The molecule has 0 saturated heterocycles. The van der Waals surface area contributed by atoms with E-state index in [1.165, 1.54) is 6.33 Å². The van der Waals surface area contributed by atoms with Crippen LogP contribution in [0.1, 0.15) is 30.5 Å². The quantitative estimate of drug-likeness (QED) is 0.455. The summed E-state index contributed by atoms with van der Waals surface area (Å²) in [4.78, 5) is 19.5. The van der Waals surface area contributed by atoms with Crippen molar-refractivity contribution in [3.05, 3.63) is 88.2 Å². The number of benzene rings is 2. The molecule has 3 aromatic rings. The summed E-state index contributed by atoms with van der Waals surface area (Å²) in [7, 11) is 0. The summed E-state index contributed by atoms with van der Waals surface area (Å²) in [5.41, 5.74) is 1.82. The third-order valence-corrected chi connectivity index (χ3v) is 4.09. The van der Waals surface area contributed by atoms with E-state index in [2.05, 4.69) is 20.6 Å². The van der Waals surface area contributed by atoms with Crippen LogP contribution in [0.25, 0.3) is 0 Å². The van der Waals surface area contributed by atoms with Gasteiger partial charge in [-0.2, -0.15) is 0 Å². The molecule has 0 spiro atoms. The fourth-order valence-electron chi connectivity index (χ4n) is 2.82. The molecule has 0 amide bonds. The Morgan fingerprint density at radius 2 is 1.52 bits per heavy atom. The standard InChI is InChI=1S/C20H21N5O2/c1-2-13-21-19-18(25(26)27)20(23-14-22-19)24-17(15-9-5-3-6-10-15)16-11-7-4-8-12-16/h3-12,14,17H,2,13H2,1H3,(H2,21,22,23,24). The maximum Gasteiger partial charge on any atom is 0.353 e. The Balaban J connectivity index is 2.03. The van der Waals surface area contributed by atoms with E-state index in [-0.39, 0.29) is 23.4 Å². The Morgan fingerprint density at radius 1 is 0.963 bits per heavy atom. The molecule has 7 nitrogen and oxygen atoms in total. The minimum Gasteiger partial charge on any atom is -0.364 e. The van der Waals surface area contributed by atoms with Gasteiger partial charge in [-0.1, -0.05) is 67.6 Å². The minimum absolute atomic E-state index is 0.150. The van der Waals surface area contributed by atoms with Crippen LogP contribution >= 0.6 is 0 Å². The molecule has 0 atom stereocenters. The van der Waals surface area contributed by atoms with Crippen molar-refractivity contribution in [1.29, 1.82) is 0 Å². The Bertz CT molecular complexity index is 848. The number of hydrogen-bond donors (Lipinski definition) is 2. The summed E-state index contributed by atoms with van der Waals surface area (Å²) in [5.74, 6) is 0.408. The summed E-state index contributed by atoms with van der Waals surface area (Å²) in [5, 5.41) is 18.0. The molecular weight excluding hydrogens is 342 g/mol. The molecule has 0 aliphatic rings. The molecule has 2 aromatic carbocycles. The second-order valence-electron chi connectivity index (χ2n) is 6.00. The van der Waals surface area contributed by atoms with Crippen molar-refractivity contribution in [2.45, 2.75) is 19.4 Å². The number of nitrogens with zero attached hydrogens (tertiary/aromatic N) is 3. The Kier molecular flexibility index (Phi) is 5.94. The van der Waals surface area contributed by atoms with E-state index in [9.17, 15) is 10.1 Å². The average molecular weight is 363 g/mol. The van der Waals surface area contributed by atoms with Gasteiger partial charge in [0.1, 0.15) is 6.33 Å². The summed E-state index contributed by atoms with van der Waals surface area (Å²) < 4.78 is 0. The van der Waals surface area contributed by atoms with Crippen molar-refractivity contribution in [3.8, 4) is 0 Å². The van der Waals surface area contributed by atoms with Crippen LogP contribution in [0.15, 0.2) is 67.0 Å². The lowest BCUT2D eigenvalue weighted by Crippen LogP contribution is -2.16. The van der Waals surface area contributed by atoms with Gasteiger partial charge in [-0.3, -0.25) is 10.1 Å². The van der Waals surface area contributed by atoms with E-state index in [1.54, 1.807) is 0 Å². The Hall–Kier alpha value is -3.48. The number of hydrogen-bond acceptors (Lipinski definition) is 6. The van der Waals surface area contributed by atoms with Crippen LogP contribution in [0.4, 0.5) is 17.3 Å². The zero-order chi connectivity index (χ0) is 19.1. The SMILES string of the molecule is CCCNc1ncnc(NC(c2ccccc2)c2ccccc2)c1[N+](=O)[O-]. The van der Waals surface area contributed by atoms with Gasteiger partial charge in [0.15, 0.2) is 0 Å². The number of nitrogens with one attached hydrogen (secondary N) is 2. The van der Waals surface area contributed by atoms with Crippen LogP contribution in [-0.4, -0.2) is 21.4 Å². The molecule has 1 heterocycles. The lowest BCUT2D eigenvalue weighted by molar-refractivity contribution is -0.383. The lowest BCUT2D eigenvalue weighted by Gasteiger charge is -2.20. The first-order chi connectivity index (χ1) is 13.2. The molecule has 27 heavy (non-hydrogen) atoms. The molecule has 0 aliphatic heterocycles. The molecule has 0 fully saturated rings. The van der Waals surface area contributed by atoms with Crippen molar-refractivity contribution < 1.29 is 4.92 Å². The largest absolute Gasteiger partial charge is 0.364 e. The molecule has 138 valence electrons. The van der Waals surface area contributed by atoms with Gasteiger partial charge >= 0.3 is 5.69 Å². The maximum absolute atomic E-state index is 11.7. The van der Waals surface area contributed by atoms with Gasteiger partial charge in [-0.15, -0.1) is 0 Å². The molecule has 0 bridgehead atoms. The molecule has 0 saturated carbocycles. The topological polar surface area (TPSA) is 93.0 Å². The first-order valence-electron chi connectivity index (χ1n) is 8.80. The Morgan fingerprint density at radius 3 is 2.04 bits per heavy atom. The second kappa shape index (κ2) is 8.75. The van der Waals surface area contributed by atoms with Crippen LogP contribution in [0.2, 0.25) is 0 Å². The number of aromatic nitrogens is 2. The van der Waals surface area contributed by atoms with Gasteiger partial charge in [0.05, 0.1) is 11.0 Å². The van der Waals surface area contributed by atoms with Crippen LogP contribution < -0.4 is 10.6 Å². The normalized spacial score (nSPS) is 10.6. The maximum atomic E-state index is 11.7. The smallest absolute Gasteiger partial charge is 0.353 e. The third-order valence-electron chi connectivity index (χ3n) is 4.09. The van der Waals surface area contributed by atoms with Crippen LogP contribution in [-0.2, 0) is 0 Å². The summed E-state index contributed by atoms with van der Waals surface area (Å²) in [6.07, 6.45) is 2.17. The van der Waals surface area contributed by atoms with Crippen LogP contribution in [0.3, 0.4) is 0 Å². The zero-order valence-corrected chi connectivity index (χ0v) is 15.0. The molecule has 3 rings (SSSR count). The Labute approximate surface area is 157 Å². The van der Waals surface area contributed by atoms with Gasteiger partial charge in [-0.05, 0) is 17.5 Å². The predicted octanol–water partition coefficient (Wildman–Crippen LogP) is 4.41. The van der Waals surface area contributed by atoms with E-state index < -0.39 is 4.92 Å². The highest BCUT2D eigenvalue weighted by Gasteiger charge is 2.25. The highest BCUT2D eigenvalue weighted by molar-refractivity contribution is 5.70. The molecular formula is C20H21N5O2. The van der Waals surface area contributed by atoms with Gasteiger partial charge < -0.3 is 10.6 Å². The predicted molar refractivity (Wildman–Crippen MR) is 106 cm³/mol.